The van der Waals surface area contributed by atoms with Crippen molar-refractivity contribution in [3.63, 3.8) is 0 Å². The van der Waals surface area contributed by atoms with Gasteiger partial charge in [0.2, 0.25) is 0 Å². The molecule has 2 amide bonds. The number of ether oxygens (including phenoxy) is 1. The van der Waals surface area contributed by atoms with Gasteiger partial charge in [0.1, 0.15) is 0 Å². The third-order valence-corrected chi connectivity index (χ3v) is 3.84. The van der Waals surface area contributed by atoms with Crippen molar-refractivity contribution < 1.29 is 14.3 Å². The number of carbonyl (C=O) groups is 2. The molecule has 0 saturated carbocycles. The van der Waals surface area contributed by atoms with E-state index in [2.05, 4.69) is 10.3 Å². The average molecular weight is 311 g/mol. The summed E-state index contributed by atoms with van der Waals surface area (Å²) in [5.74, 6) is -0.185. The molecule has 1 N–H and O–H groups in total. The van der Waals surface area contributed by atoms with Crippen molar-refractivity contribution in [3.8, 4) is 5.75 Å². The Labute approximate surface area is 134 Å². The van der Waals surface area contributed by atoms with E-state index in [4.69, 9.17) is 4.74 Å². The number of aromatic nitrogens is 1. The van der Waals surface area contributed by atoms with Gasteiger partial charge in [-0.1, -0.05) is 17.7 Å². The third kappa shape index (κ3) is 2.52. The molecule has 1 atom stereocenters. The molecule has 1 aromatic heterocycles. The van der Waals surface area contributed by atoms with Gasteiger partial charge < -0.3 is 10.1 Å². The summed E-state index contributed by atoms with van der Waals surface area (Å²) in [5, 5.41) is 2.73. The predicted molar refractivity (Wildman–Crippen MR) is 86.5 cm³/mol. The Balaban J connectivity index is 1.90. The smallest absolute Gasteiger partial charge is 0.281 e. The van der Waals surface area contributed by atoms with E-state index < -0.39 is 17.4 Å². The quantitative estimate of drug-likeness (QED) is 0.863. The average Bonchev–Trinajstić information content (AvgIpc) is 2.55. The molecule has 0 spiro atoms. The van der Waals surface area contributed by atoms with E-state index in [1.807, 2.05) is 19.1 Å². The van der Waals surface area contributed by atoms with E-state index in [1.54, 1.807) is 37.5 Å². The van der Waals surface area contributed by atoms with Gasteiger partial charge in [-0.05, 0) is 38.1 Å². The molecule has 0 aliphatic carbocycles. The second-order valence-corrected chi connectivity index (χ2v) is 5.64. The van der Waals surface area contributed by atoms with Gasteiger partial charge in [0.05, 0.1) is 0 Å². The lowest BCUT2D eigenvalue weighted by molar-refractivity contribution is -0.145. The van der Waals surface area contributed by atoms with Crippen molar-refractivity contribution in [2.45, 2.75) is 19.4 Å². The Morgan fingerprint density at radius 2 is 1.96 bits per heavy atom. The van der Waals surface area contributed by atoms with Crippen LogP contribution in [-0.2, 0) is 9.59 Å². The van der Waals surface area contributed by atoms with Gasteiger partial charge in [0.15, 0.2) is 11.6 Å². The van der Waals surface area contributed by atoms with Crippen LogP contribution >= 0.6 is 0 Å². The van der Waals surface area contributed by atoms with Crippen LogP contribution in [0.3, 0.4) is 0 Å². The summed E-state index contributed by atoms with van der Waals surface area (Å²) in [6, 6.07) is 10.7. The molecule has 0 radical (unpaired) electrons. The van der Waals surface area contributed by atoms with Gasteiger partial charge in [0.25, 0.3) is 17.4 Å². The van der Waals surface area contributed by atoms with Crippen molar-refractivity contribution in [3.05, 3.63) is 48.2 Å². The first kappa shape index (κ1) is 15.0. The molecule has 0 bridgehead atoms. The Morgan fingerprint density at radius 1 is 1.26 bits per heavy atom. The highest BCUT2D eigenvalue weighted by Crippen LogP contribution is 2.35. The van der Waals surface area contributed by atoms with E-state index in [-0.39, 0.29) is 0 Å². The molecule has 6 heteroatoms. The molecule has 1 aromatic carbocycles. The number of benzene rings is 1. The molecule has 2 aromatic rings. The first-order valence-electron chi connectivity index (χ1n) is 7.22. The fraction of sp³-hybridized carbons (Fsp3) is 0.235. The van der Waals surface area contributed by atoms with Crippen LogP contribution in [0.4, 0.5) is 11.5 Å². The SMILES string of the molecule is Cc1ccc(NC(=O)C2(C)Oc3cccnc3N(C)C2=O)cc1. The number of nitrogens with one attached hydrogen (secondary N) is 1. The summed E-state index contributed by atoms with van der Waals surface area (Å²) in [6.07, 6.45) is 1.57. The molecular formula is C17H17N3O3. The fourth-order valence-electron chi connectivity index (χ4n) is 2.42. The highest BCUT2D eigenvalue weighted by molar-refractivity contribution is 6.19. The van der Waals surface area contributed by atoms with Crippen molar-refractivity contribution in [1.82, 2.24) is 4.98 Å². The minimum Gasteiger partial charge on any atom is -0.464 e. The van der Waals surface area contributed by atoms with E-state index in [1.165, 1.54) is 11.8 Å². The molecular weight excluding hydrogens is 294 g/mol. The Kier molecular flexibility index (Phi) is 3.52. The molecule has 1 aliphatic rings. The van der Waals surface area contributed by atoms with Crippen molar-refractivity contribution in [2.24, 2.45) is 0 Å². The number of pyridine rings is 1. The monoisotopic (exact) mass is 311 g/mol. The largest absolute Gasteiger partial charge is 0.464 e. The van der Waals surface area contributed by atoms with Crippen LogP contribution in [0.2, 0.25) is 0 Å². The van der Waals surface area contributed by atoms with Crippen LogP contribution in [0.25, 0.3) is 0 Å². The second kappa shape index (κ2) is 5.39. The van der Waals surface area contributed by atoms with E-state index >= 15 is 0 Å². The Hall–Kier alpha value is -2.89. The number of rotatable bonds is 2. The molecule has 6 nitrogen and oxygen atoms in total. The summed E-state index contributed by atoms with van der Waals surface area (Å²) in [7, 11) is 1.58. The molecule has 118 valence electrons. The fourth-order valence-corrected chi connectivity index (χ4v) is 2.42. The lowest BCUT2D eigenvalue weighted by Gasteiger charge is -2.36. The zero-order valence-corrected chi connectivity index (χ0v) is 13.2. The van der Waals surface area contributed by atoms with Crippen LogP contribution < -0.4 is 15.0 Å². The van der Waals surface area contributed by atoms with Gasteiger partial charge in [-0.2, -0.15) is 0 Å². The topological polar surface area (TPSA) is 71.5 Å². The van der Waals surface area contributed by atoms with Crippen LogP contribution in [0, 0.1) is 6.92 Å². The standard InChI is InChI=1S/C17H17N3O3/c1-11-6-8-12(9-7-11)19-15(21)17(2)16(22)20(3)14-13(23-17)5-4-10-18-14/h4-10H,1-3H3,(H,19,21). The maximum absolute atomic E-state index is 12.6. The van der Waals surface area contributed by atoms with Gasteiger partial charge >= 0.3 is 0 Å². The Morgan fingerprint density at radius 3 is 2.65 bits per heavy atom. The number of fused-ring (bicyclic) bond motifs is 1. The van der Waals surface area contributed by atoms with Crippen LogP contribution in [0.5, 0.6) is 5.75 Å². The minimum atomic E-state index is -1.64. The number of hydrogen-bond acceptors (Lipinski definition) is 4. The summed E-state index contributed by atoms with van der Waals surface area (Å²) in [5.41, 5.74) is 0.0483. The lowest BCUT2D eigenvalue weighted by atomic mass is 10.0. The summed E-state index contributed by atoms with van der Waals surface area (Å²) < 4.78 is 5.69. The Bertz CT molecular complexity index is 773. The zero-order valence-electron chi connectivity index (χ0n) is 13.2. The summed E-state index contributed by atoms with van der Waals surface area (Å²) >= 11 is 0. The maximum atomic E-state index is 12.6. The molecule has 2 heterocycles. The van der Waals surface area contributed by atoms with Gasteiger partial charge in [-0.15, -0.1) is 0 Å². The molecule has 1 aliphatic heterocycles. The highest BCUT2D eigenvalue weighted by Gasteiger charge is 2.50. The van der Waals surface area contributed by atoms with Crippen LogP contribution in [0.15, 0.2) is 42.6 Å². The number of anilines is 2. The number of carbonyl (C=O) groups excluding carboxylic acids is 2. The minimum absolute atomic E-state index is 0.399. The normalized spacial score (nSPS) is 19.8. The number of likely N-dealkylation sites (N-methyl/N-ethyl adjacent to an activating group) is 1. The first-order valence-corrected chi connectivity index (χ1v) is 7.22. The molecule has 23 heavy (non-hydrogen) atoms. The van der Waals surface area contributed by atoms with E-state index in [9.17, 15) is 9.59 Å². The van der Waals surface area contributed by atoms with Crippen molar-refractivity contribution >= 4 is 23.3 Å². The number of nitrogens with zero attached hydrogens (tertiary/aromatic N) is 2. The van der Waals surface area contributed by atoms with Crippen molar-refractivity contribution in [2.75, 3.05) is 17.3 Å². The number of aryl methyl sites for hydroxylation is 1. The molecule has 0 saturated heterocycles. The van der Waals surface area contributed by atoms with Gasteiger partial charge in [0, 0.05) is 18.9 Å². The van der Waals surface area contributed by atoms with Crippen LogP contribution in [0.1, 0.15) is 12.5 Å². The summed E-state index contributed by atoms with van der Waals surface area (Å²) in [6.45, 7) is 3.42. The van der Waals surface area contributed by atoms with Crippen LogP contribution in [-0.4, -0.2) is 29.4 Å². The second-order valence-electron chi connectivity index (χ2n) is 5.64. The first-order chi connectivity index (χ1) is 10.9. The van der Waals surface area contributed by atoms with E-state index in [0.717, 1.165) is 5.56 Å². The maximum Gasteiger partial charge on any atom is 0.281 e. The molecule has 0 fully saturated rings. The highest BCUT2D eigenvalue weighted by atomic mass is 16.5. The van der Waals surface area contributed by atoms with Gasteiger partial charge in [-0.25, -0.2) is 4.98 Å². The van der Waals surface area contributed by atoms with Gasteiger partial charge in [-0.3, -0.25) is 14.5 Å². The molecule has 1 unspecified atom stereocenters. The number of amides is 2. The number of hydrogen-bond donors (Lipinski definition) is 1. The van der Waals surface area contributed by atoms with E-state index in [0.29, 0.717) is 17.3 Å². The third-order valence-electron chi connectivity index (χ3n) is 3.84. The predicted octanol–water partition coefficient (Wildman–Crippen LogP) is 2.14. The lowest BCUT2D eigenvalue weighted by Crippen LogP contribution is -2.60. The molecule has 3 rings (SSSR count). The summed E-state index contributed by atoms with van der Waals surface area (Å²) in [4.78, 5) is 30.7. The zero-order chi connectivity index (χ0) is 16.6. The van der Waals surface area contributed by atoms with Crippen molar-refractivity contribution in [1.29, 1.82) is 0 Å².